The summed E-state index contributed by atoms with van der Waals surface area (Å²) in [5, 5.41) is 5.24. The number of hydrogen-bond acceptors (Lipinski definition) is 0. The van der Waals surface area contributed by atoms with E-state index in [0.717, 1.165) is 30.3 Å². The van der Waals surface area contributed by atoms with Crippen LogP contribution in [0.5, 0.6) is 0 Å². The predicted octanol–water partition coefficient (Wildman–Crippen LogP) is 6.18. The monoisotopic (exact) mass is 858 g/mol. The molecule has 7 aromatic rings. The molecule has 1 aliphatic carbocycles. The van der Waals surface area contributed by atoms with Crippen molar-refractivity contribution in [2.24, 2.45) is 0 Å². The van der Waals surface area contributed by atoms with E-state index in [9.17, 15) is 0 Å². The average molecular weight is 858 g/mol. The van der Waals surface area contributed by atoms with Crippen molar-refractivity contribution < 1.29 is 48.7 Å². The summed E-state index contributed by atoms with van der Waals surface area (Å²) in [6.07, 6.45) is 1.03. The first-order valence-electron chi connectivity index (χ1n) is 16.9. The van der Waals surface area contributed by atoms with Crippen LogP contribution >= 0.6 is 0 Å². The summed E-state index contributed by atoms with van der Waals surface area (Å²) in [4.78, 5) is 0. The summed E-state index contributed by atoms with van der Waals surface area (Å²) >= 11 is 1.03. The van der Waals surface area contributed by atoms with Gasteiger partial charge in [-0.2, -0.15) is 47.5 Å². The van der Waals surface area contributed by atoms with Crippen molar-refractivity contribution in [2.75, 3.05) is 0 Å². The Morgan fingerprint density at radius 3 is 1.54 bits per heavy atom. The molecule has 0 bridgehead atoms. The molecule has 0 nitrogen and oxygen atoms in total. The summed E-state index contributed by atoms with van der Waals surface area (Å²) in [6, 6.07) is 55.8. The first-order chi connectivity index (χ1) is 23.0. The van der Waals surface area contributed by atoms with Crippen molar-refractivity contribution in [3.05, 3.63) is 185 Å². The van der Waals surface area contributed by atoms with Crippen molar-refractivity contribution in [3.8, 4) is 11.1 Å². The Labute approximate surface area is 326 Å². The van der Waals surface area contributed by atoms with Crippen molar-refractivity contribution in [2.45, 2.75) is 58.8 Å². The number of fused-ring (bicyclic) bond motifs is 5. The van der Waals surface area contributed by atoms with E-state index in [-0.39, 0.29) is 35.6 Å². The van der Waals surface area contributed by atoms with Crippen LogP contribution in [0.15, 0.2) is 146 Å². The molecular formula is C47H44Cl2Hf-2. The molecule has 8 rings (SSSR count). The summed E-state index contributed by atoms with van der Waals surface area (Å²) in [6.45, 7) is 13.6. The maximum atomic E-state index is 3.53. The number of benzene rings is 6. The van der Waals surface area contributed by atoms with E-state index in [1.165, 1.54) is 69.3 Å². The Hall–Kier alpha value is -3.49. The topological polar surface area (TPSA) is 0 Å². The normalized spacial score (nSPS) is 11.5. The smallest absolute Gasteiger partial charge is 0.172 e. The Morgan fingerprint density at radius 1 is 0.560 bits per heavy atom. The van der Waals surface area contributed by atoms with Gasteiger partial charge in [0.15, 0.2) is 0 Å². The SMILES string of the molecule is CC(C)(C)c1c[c-]c2c(c1)-c1cc(C(C)(C)C)ccc1C2.[Cl-].[Cl-].[Hf+2]=[C](c1ccc2ccccc2c1)c1ccc2ccccc2c1.c1cc[cH-]c1. The summed E-state index contributed by atoms with van der Waals surface area (Å²) in [5.74, 6) is 0. The van der Waals surface area contributed by atoms with Gasteiger partial charge in [0.2, 0.25) is 0 Å². The minimum atomic E-state index is 0. The van der Waals surface area contributed by atoms with Crippen LogP contribution in [0.3, 0.4) is 0 Å². The van der Waals surface area contributed by atoms with Gasteiger partial charge in [-0.3, -0.25) is 0 Å². The third kappa shape index (κ3) is 9.24. The van der Waals surface area contributed by atoms with E-state index in [2.05, 4.69) is 163 Å². The zero-order valence-corrected chi connectivity index (χ0v) is 34.9. The average Bonchev–Trinajstić information content (AvgIpc) is 3.79. The maximum absolute atomic E-state index is 3.53. The van der Waals surface area contributed by atoms with Crippen molar-refractivity contribution in [1.29, 1.82) is 0 Å². The molecule has 252 valence electrons. The summed E-state index contributed by atoms with van der Waals surface area (Å²) in [5.41, 5.74) is 11.5. The largest absolute Gasteiger partial charge is 0.214 e. The molecule has 50 heavy (non-hydrogen) atoms. The molecule has 0 N–H and O–H groups in total. The van der Waals surface area contributed by atoms with Crippen LogP contribution in [0, 0.1) is 6.07 Å². The Kier molecular flexibility index (Phi) is 13.1. The van der Waals surface area contributed by atoms with Gasteiger partial charge >= 0.3 is 145 Å². The zero-order chi connectivity index (χ0) is 33.9. The molecule has 0 radical (unpaired) electrons. The van der Waals surface area contributed by atoms with E-state index in [4.69, 9.17) is 0 Å². The minimum absolute atomic E-state index is 0. The Bertz CT molecular complexity index is 2030. The van der Waals surface area contributed by atoms with Gasteiger partial charge in [0, 0.05) is 0 Å². The fourth-order valence-electron chi connectivity index (χ4n) is 6.16. The first-order valence-corrected chi connectivity index (χ1v) is 18.7. The fourth-order valence-corrected chi connectivity index (χ4v) is 7.28. The van der Waals surface area contributed by atoms with Crippen LogP contribution in [-0.4, -0.2) is 3.26 Å². The van der Waals surface area contributed by atoms with Gasteiger partial charge in [-0.05, 0) is 17.4 Å². The Balaban J connectivity index is 0.000000190. The summed E-state index contributed by atoms with van der Waals surface area (Å²) < 4.78 is 1.46. The third-order valence-electron chi connectivity index (χ3n) is 9.16. The van der Waals surface area contributed by atoms with E-state index in [1.807, 2.05) is 30.3 Å². The van der Waals surface area contributed by atoms with Crippen molar-refractivity contribution in [3.63, 3.8) is 0 Å². The van der Waals surface area contributed by atoms with Crippen LogP contribution in [0.25, 0.3) is 32.7 Å². The molecule has 3 heteroatoms. The maximum Gasteiger partial charge on any atom is -0.172 e. The van der Waals surface area contributed by atoms with E-state index in [0.29, 0.717) is 0 Å². The molecule has 0 saturated heterocycles. The second-order valence-electron chi connectivity index (χ2n) is 14.8. The van der Waals surface area contributed by atoms with Crippen molar-refractivity contribution in [1.82, 2.24) is 0 Å². The molecule has 0 aromatic heterocycles. The van der Waals surface area contributed by atoms with E-state index in [1.54, 1.807) is 0 Å². The Morgan fingerprint density at radius 2 is 1.06 bits per heavy atom. The van der Waals surface area contributed by atoms with Crippen LogP contribution in [0.1, 0.15) is 74.9 Å². The second kappa shape index (κ2) is 16.7. The first kappa shape index (κ1) is 39.3. The van der Waals surface area contributed by atoms with Crippen LogP contribution in [0.4, 0.5) is 0 Å². The van der Waals surface area contributed by atoms with Gasteiger partial charge < -0.3 is 24.8 Å². The molecule has 0 amide bonds. The molecule has 1 aliphatic rings. The van der Waals surface area contributed by atoms with Crippen molar-refractivity contribution >= 4 is 24.8 Å². The molecular weight excluding hydrogens is 814 g/mol. The van der Waals surface area contributed by atoms with Crippen LogP contribution in [0.2, 0.25) is 0 Å². The molecule has 0 heterocycles. The van der Waals surface area contributed by atoms with E-state index >= 15 is 0 Å². The fraction of sp³-hybridized carbons (Fsp3) is 0.191. The molecule has 0 fully saturated rings. The summed E-state index contributed by atoms with van der Waals surface area (Å²) in [7, 11) is 0. The second-order valence-corrected chi connectivity index (χ2v) is 16.6. The van der Waals surface area contributed by atoms with Crippen LogP contribution < -0.4 is 24.8 Å². The van der Waals surface area contributed by atoms with Gasteiger partial charge in [0.25, 0.3) is 0 Å². The number of halogens is 2. The molecule has 0 spiro atoms. The van der Waals surface area contributed by atoms with Crippen LogP contribution in [-0.2, 0) is 41.1 Å². The molecule has 0 atom stereocenters. The van der Waals surface area contributed by atoms with Gasteiger partial charge in [-0.15, -0.1) is 5.56 Å². The minimum Gasteiger partial charge on any atom is -0.214 e. The van der Waals surface area contributed by atoms with Gasteiger partial charge in [0.1, 0.15) is 0 Å². The quantitative estimate of drug-likeness (QED) is 0.144. The third-order valence-corrected chi connectivity index (χ3v) is 11.2. The molecule has 7 aromatic carbocycles. The van der Waals surface area contributed by atoms with E-state index < -0.39 is 0 Å². The van der Waals surface area contributed by atoms with Gasteiger partial charge in [-0.25, -0.2) is 12.1 Å². The molecule has 0 unspecified atom stereocenters. The zero-order valence-electron chi connectivity index (χ0n) is 29.8. The molecule has 0 aliphatic heterocycles. The molecule has 0 saturated carbocycles. The standard InChI is InChI=1S/C21H14.C21H25.C5H5.2ClH.Hf/c1-3-7-20-14-16(9-11-18(20)5-1)13-17-10-12-19-6-2-4-8-21(19)15-17;1-20(2,3)16-9-7-14-11-15-8-10-17(21(4,5)6)13-19(15)18(14)12-16;1-2-4-5-3-1;;;/h1-12,14-15H;7,9-10,12-13H,11H2,1-6H3;1-5H;2*1H;/q;2*-1;;;+2/p-2. The van der Waals surface area contributed by atoms with Gasteiger partial charge in [-0.1, -0.05) is 76.3 Å². The predicted molar refractivity (Wildman–Crippen MR) is 204 cm³/mol. The number of rotatable bonds is 2. The number of hydrogen-bond donors (Lipinski definition) is 0. The van der Waals surface area contributed by atoms with Gasteiger partial charge in [0.05, 0.1) is 0 Å².